The molecule has 0 radical (unpaired) electrons. The number of hydrogen-bond donors (Lipinski definition) is 1. The van der Waals surface area contributed by atoms with E-state index < -0.39 is 6.10 Å². The van der Waals surface area contributed by atoms with E-state index in [1.165, 1.54) is 5.06 Å². The number of nitrogens with zero attached hydrogens (tertiary/aromatic N) is 1. The molecule has 1 unspecified atom stereocenters. The van der Waals surface area contributed by atoms with Gasteiger partial charge in [-0.15, -0.1) is 0 Å². The first-order valence-corrected chi connectivity index (χ1v) is 6.30. The molecule has 1 aliphatic heterocycles. The first-order valence-electron chi connectivity index (χ1n) is 5.51. The summed E-state index contributed by atoms with van der Waals surface area (Å²) in [6.45, 7) is 0.486. The quantitative estimate of drug-likeness (QED) is 0.920. The van der Waals surface area contributed by atoms with Crippen LogP contribution in [-0.4, -0.2) is 35.3 Å². The van der Waals surface area contributed by atoms with Crippen molar-refractivity contribution in [2.75, 3.05) is 13.2 Å². The molecule has 1 saturated heterocycles. The van der Waals surface area contributed by atoms with Crippen LogP contribution in [0.4, 0.5) is 0 Å². The predicted molar refractivity (Wildman–Crippen MR) is 66.1 cm³/mol. The van der Waals surface area contributed by atoms with Crippen LogP contribution in [0.2, 0.25) is 0 Å². The van der Waals surface area contributed by atoms with Crippen LogP contribution in [0.15, 0.2) is 28.7 Å². The molecule has 0 aliphatic carbocycles. The molecule has 1 heterocycles. The third kappa shape index (κ3) is 3.52. The number of rotatable bonds is 3. The molecule has 2 rings (SSSR count). The van der Waals surface area contributed by atoms with E-state index in [1.54, 1.807) is 0 Å². The Morgan fingerprint density at radius 3 is 3.06 bits per heavy atom. The van der Waals surface area contributed by atoms with Crippen LogP contribution in [0, 0.1) is 0 Å². The van der Waals surface area contributed by atoms with Gasteiger partial charge in [-0.05, 0) is 24.1 Å². The number of aliphatic hydroxyl groups excluding tert-OH is 1. The molecule has 1 fully saturated rings. The molecule has 4 nitrogen and oxygen atoms in total. The van der Waals surface area contributed by atoms with Gasteiger partial charge in [-0.1, -0.05) is 28.1 Å². The highest BCUT2D eigenvalue weighted by Gasteiger charge is 2.25. The summed E-state index contributed by atoms with van der Waals surface area (Å²) in [5.74, 6) is -0.0819. The zero-order valence-corrected chi connectivity index (χ0v) is 10.9. The maximum Gasteiger partial charge on any atom is 0.246 e. The lowest BCUT2D eigenvalue weighted by Gasteiger charge is -2.13. The lowest BCUT2D eigenvalue weighted by atomic mass is 10.1. The summed E-state index contributed by atoms with van der Waals surface area (Å²) < 4.78 is 1.01. The van der Waals surface area contributed by atoms with Gasteiger partial charge in [0.2, 0.25) is 5.91 Å². The van der Waals surface area contributed by atoms with Gasteiger partial charge < -0.3 is 5.11 Å². The SMILES string of the molecule is O=C(CCc1cccc(Br)c1)N1CC(O)CO1. The van der Waals surface area contributed by atoms with Gasteiger partial charge in [-0.3, -0.25) is 9.63 Å². The number of amides is 1. The minimum absolute atomic E-state index is 0.0819. The number of benzene rings is 1. The molecule has 0 aromatic heterocycles. The first kappa shape index (κ1) is 12.5. The number of aliphatic hydroxyl groups is 1. The van der Waals surface area contributed by atoms with Gasteiger partial charge in [-0.2, -0.15) is 0 Å². The minimum Gasteiger partial charge on any atom is -0.389 e. The maximum absolute atomic E-state index is 11.7. The second kappa shape index (κ2) is 5.62. The van der Waals surface area contributed by atoms with Crippen molar-refractivity contribution >= 4 is 21.8 Å². The zero-order chi connectivity index (χ0) is 12.3. The highest BCUT2D eigenvalue weighted by molar-refractivity contribution is 9.10. The zero-order valence-electron chi connectivity index (χ0n) is 9.30. The van der Waals surface area contributed by atoms with Gasteiger partial charge in [-0.25, -0.2) is 5.06 Å². The van der Waals surface area contributed by atoms with Crippen LogP contribution >= 0.6 is 15.9 Å². The molecular weight excluding hydrogens is 286 g/mol. The predicted octanol–water partition coefficient (Wildman–Crippen LogP) is 1.52. The molecule has 5 heteroatoms. The lowest BCUT2D eigenvalue weighted by molar-refractivity contribution is -0.168. The Kier molecular flexibility index (Phi) is 4.15. The maximum atomic E-state index is 11.7. The Labute approximate surface area is 108 Å². The molecule has 1 aliphatic rings. The summed E-state index contributed by atoms with van der Waals surface area (Å²) in [6, 6.07) is 7.87. The average Bonchev–Trinajstić information content (AvgIpc) is 2.73. The fraction of sp³-hybridized carbons (Fsp3) is 0.417. The molecule has 1 aromatic rings. The first-order chi connectivity index (χ1) is 8.15. The van der Waals surface area contributed by atoms with Crippen molar-refractivity contribution in [3.05, 3.63) is 34.3 Å². The van der Waals surface area contributed by atoms with E-state index in [9.17, 15) is 9.90 Å². The summed E-state index contributed by atoms with van der Waals surface area (Å²) in [5.41, 5.74) is 1.10. The highest BCUT2D eigenvalue weighted by Crippen LogP contribution is 2.14. The van der Waals surface area contributed by atoms with Gasteiger partial charge >= 0.3 is 0 Å². The number of hydroxylamine groups is 2. The summed E-state index contributed by atoms with van der Waals surface area (Å²) >= 11 is 3.39. The molecule has 92 valence electrons. The van der Waals surface area contributed by atoms with Gasteiger partial charge in [0.1, 0.15) is 6.61 Å². The summed E-state index contributed by atoms with van der Waals surface area (Å²) in [6.07, 6.45) is 0.516. The Hall–Kier alpha value is -0.910. The van der Waals surface area contributed by atoms with E-state index in [1.807, 2.05) is 24.3 Å². The fourth-order valence-corrected chi connectivity index (χ4v) is 2.16. The molecule has 0 spiro atoms. The van der Waals surface area contributed by atoms with E-state index in [2.05, 4.69) is 15.9 Å². The van der Waals surface area contributed by atoms with Crippen LogP contribution in [-0.2, 0) is 16.1 Å². The van der Waals surface area contributed by atoms with Crippen molar-refractivity contribution in [2.45, 2.75) is 18.9 Å². The number of carbonyl (C=O) groups is 1. The van der Waals surface area contributed by atoms with Gasteiger partial charge in [0.25, 0.3) is 0 Å². The van der Waals surface area contributed by atoms with Gasteiger partial charge in [0.05, 0.1) is 12.6 Å². The second-order valence-corrected chi connectivity index (χ2v) is 4.95. The van der Waals surface area contributed by atoms with Crippen molar-refractivity contribution in [1.82, 2.24) is 5.06 Å². The topological polar surface area (TPSA) is 49.8 Å². The largest absolute Gasteiger partial charge is 0.389 e. The Balaban J connectivity index is 1.84. The Morgan fingerprint density at radius 2 is 2.41 bits per heavy atom. The molecule has 1 atom stereocenters. The fourth-order valence-electron chi connectivity index (χ4n) is 1.72. The van der Waals surface area contributed by atoms with E-state index in [-0.39, 0.29) is 19.1 Å². The second-order valence-electron chi connectivity index (χ2n) is 4.03. The standard InChI is InChI=1S/C12H14BrNO3/c13-10-3-1-2-9(6-10)4-5-12(16)14-7-11(15)8-17-14/h1-3,6,11,15H,4-5,7-8H2. The number of carbonyl (C=O) groups excluding carboxylic acids is 1. The number of β-amino-alcohol motifs (C(OH)–C–C–N with tert-alkyl or cyclic N) is 1. The molecule has 17 heavy (non-hydrogen) atoms. The van der Waals surface area contributed by atoms with Crippen molar-refractivity contribution in [3.63, 3.8) is 0 Å². The monoisotopic (exact) mass is 299 g/mol. The van der Waals surface area contributed by atoms with Crippen LogP contribution in [0.3, 0.4) is 0 Å². The van der Waals surface area contributed by atoms with Crippen LogP contribution in [0.1, 0.15) is 12.0 Å². The smallest absolute Gasteiger partial charge is 0.246 e. The normalized spacial score (nSPS) is 19.6. The summed E-state index contributed by atoms with van der Waals surface area (Å²) in [4.78, 5) is 16.8. The Bertz CT molecular complexity index is 410. The van der Waals surface area contributed by atoms with Crippen LogP contribution in [0.25, 0.3) is 0 Å². The van der Waals surface area contributed by atoms with Crippen molar-refractivity contribution in [2.24, 2.45) is 0 Å². The van der Waals surface area contributed by atoms with E-state index in [0.717, 1.165) is 10.0 Å². The molecular formula is C12H14BrNO3. The lowest BCUT2D eigenvalue weighted by Crippen LogP contribution is -2.28. The number of halogens is 1. The third-order valence-electron chi connectivity index (χ3n) is 2.59. The Morgan fingerprint density at radius 1 is 1.59 bits per heavy atom. The molecule has 1 aromatic carbocycles. The summed E-state index contributed by atoms with van der Waals surface area (Å²) in [5, 5.41) is 10.5. The number of aryl methyl sites for hydroxylation is 1. The average molecular weight is 300 g/mol. The molecule has 1 N–H and O–H groups in total. The number of hydrogen-bond acceptors (Lipinski definition) is 3. The van der Waals surface area contributed by atoms with E-state index in [0.29, 0.717) is 12.8 Å². The minimum atomic E-state index is -0.551. The van der Waals surface area contributed by atoms with Gasteiger partial charge in [0.15, 0.2) is 0 Å². The van der Waals surface area contributed by atoms with E-state index >= 15 is 0 Å². The molecule has 1 amide bonds. The van der Waals surface area contributed by atoms with E-state index in [4.69, 9.17) is 4.84 Å². The highest BCUT2D eigenvalue weighted by atomic mass is 79.9. The summed E-state index contributed by atoms with van der Waals surface area (Å²) in [7, 11) is 0. The van der Waals surface area contributed by atoms with Crippen LogP contribution in [0.5, 0.6) is 0 Å². The molecule has 0 saturated carbocycles. The van der Waals surface area contributed by atoms with Crippen molar-refractivity contribution in [3.8, 4) is 0 Å². The molecule has 0 bridgehead atoms. The third-order valence-corrected chi connectivity index (χ3v) is 3.09. The van der Waals surface area contributed by atoms with Gasteiger partial charge in [0, 0.05) is 10.9 Å². The van der Waals surface area contributed by atoms with Crippen molar-refractivity contribution < 1.29 is 14.7 Å². The van der Waals surface area contributed by atoms with Crippen LogP contribution < -0.4 is 0 Å². The van der Waals surface area contributed by atoms with Crippen molar-refractivity contribution in [1.29, 1.82) is 0 Å².